The Bertz CT molecular complexity index is 1280. The van der Waals surface area contributed by atoms with Crippen LogP contribution in [0.5, 0.6) is 0 Å². The zero-order chi connectivity index (χ0) is 21.4. The van der Waals surface area contributed by atoms with E-state index in [-0.39, 0.29) is 17.1 Å². The molecule has 1 aliphatic carbocycles. The van der Waals surface area contributed by atoms with Crippen molar-refractivity contribution >= 4 is 45.4 Å². The van der Waals surface area contributed by atoms with E-state index in [0.717, 1.165) is 26.8 Å². The standard InChI is InChI=1S/C27H19NO2S/c1-18-12-14-22-23(16-18)27(30)24(26(22)29)17-21-13-15-25(31-21)28(19-8-4-2-5-9-19)20-10-6-3-7-11-20/h2-17H,1H3/b24-17-. The van der Waals surface area contributed by atoms with Crippen LogP contribution in [0.15, 0.2) is 96.6 Å². The molecule has 150 valence electrons. The summed E-state index contributed by atoms with van der Waals surface area (Å²) in [7, 11) is 0. The number of hydrogen-bond donors (Lipinski definition) is 0. The van der Waals surface area contributed by atoms with Gasteiger partial charge in [-0.2, -0.15) is 0 Å². The number of benzene rings is 3. The minimum Gasteiger partial charge on any atom is -0.302 e. The number of aryl methyl sites for hydroxylation is 1. The summed E-state index contributed by atoms with van der Waals surface area (Å²) in [5, 5.41) is 1.01. The number of Topliss-reactive ketones (excluding diaryl/α,β-unsaturated/α-hetero) is 2. The Labute approximate surface area is 184 Å². The number of nitrogens with zero attached hydrogens (tertiary/aromatic N) is 1. The number of hydrogen-bond acceptors (Lipinski definition) is 4. The molecule has 0 aliphatic heterocycles. The first-order valence-electron chi connectivity index (χ1n) is 10.0. The average Bonchev–Trinajstić information content (AvgIpc) is 3.34. The maximum absolute atomic E-state index is 12.9. The molecule has 3 aromatic carbocycles. The Morgan fingerprint density at radius 2 is 1.32 bits per heavy atom. The Hall–Kier alpha value is -3.76. The predicted octanol–water partition coefficient (Wildman–Crippen LogP) is 6.99. The maximum atomic E-state index is 12.9. The molecule has 0 saturated heterocycles. The van der Waals surface area contributed by atoms with Crippen LogP contribution in [0.1, 0.15) is 31.2 Å². The fourth-order valence-electron chi connectivity index (χ4n) is 3.81. The number of anilines is 3. The number of carbonyl (C=O) groups is 2. The molecule has 31 heavy (non-hydrogen) atoms. The van der Waals surface area contributed by atoms with Crippen LogP contribution < -0.4 is 4.90 Å². The van der Waals surface area contributed by atoms with Gasteiger partial charge in [0.1, 0.15) is 5.00 Å². The van der Waals surface area contributed by atoms with Gasteiger partial charge in [-0.05, 0) is 55.5 Å². The topological polar surface area (TPSA) is 37.4 Å². The minimum atomic E-state index is -0.196. The highest BCUT2D eigenvalue weighted by Gasteiger charge is 2.33. The molecule has 0 unspecified atom stereocenters. The molecule has 0 saturated carbocycles. The van der Waals surface area contributed by atoms with Crippen LogP contribution in [0.3, 0.4) is 0 Å². The highest BCUT2D eigenvalue weighted by molar-refractivity contribution is 7.17. The highest BCUT2D eigenvalue weighted by Crippen LogP contribution is 2.39. The second kappa shape index (κ2) is 7.82. The second-order valence-electron chi connectivity index (χ2n) is 7.45. The van der Waals surface area contributed by atoms with Gasteiger partial charge in [0.15, 0.2) is 11.6 Å². The molecular formula is C27H19NO2S. The lowest BCUT2D eigenvalue weighted by molar-refractivity contribution is 0.0990. The van der Waals surface area contributed by atoms with Crippen LogP contribution in [0.4, 0.5) is 16.4 Å². The smallest absolute Gasteiger partial charge is 0.197 e. The molecule has 1 heterocycles. The van der Waals surface area contributed by atoms with Crippen LogP contribution in [0, 0.1) is 6.92 Å². The molecule has 1 aromatic heterocycles. The van der Waals surface area contributed by atoms with Gasteiger partial charge in [0.2, 0.25) is 0 Å². The molecule has 1 aliphatic rings. The molecule has 5 rings (SSSR count). The van der Waals surface area contributed by atoms with E-state index in [2.05, 4.69) is 29.2 Å². The van der Waals surface area contributed by atoms with Crippen molar-refractivity contribution in [2.45, 2.75) is 6.92 Å². The second-order valence-corrected chi connectivity index (χ2v) is 8.54. The lowest BCUT2D eigenvalue weighted by atomic mass is 10.1. The van der Waals surface area contributed by atoms with Crippen LogP contribution in [0.2, 0.25) is 0 Å². The van der Waals surface area contributed by atoms with Crippen molar-refractivity contribution in [3.63, 3.8) is 0 Å². The van der Waals surface area contributed by atoms with Crippen molar-refractivity contribution in [2.24, 2.45) is 0 Å². The van der Waals surface area contributed by atoms with Crippen molar-refractivity contribution in [2.75, 3.05) is 4.90 Å². The number of thiophene rings is 1. The summed E-state index contributed by atoms with van der Waals surface area (Å²) in [6.45, 7) is 1.92. The third-order valence-electron chi connectivity index (χ3n) is 5.30. The van der Waals surface area contributed by atoms with Gasteiger partial charge in [0.25, 0.3) is 0 Å². The number of allylic oxidation sites excluding steroid dienone is 1. The number of ketones is 2. The molecule has 0 amide bonds. The minimum absolute atomic E-state index is 0.193. The van der Waals surface area contributed by atoms with Crippen LogP contribution in [-0.4, -0.2) is 11.6 Å². The van der Waals surface area contributed by atoms with Crippen molar-refractivity contribution in [3.8, 4) is 0 Å². The molecule has 4 heteroatoms. The number of rotatable bonds is 4. The quantitative estimate of drug-likeness (QED) is 0.263. The van der Waals surface area contributed by atoms with Crippen molar-refractivity contribution in [3.05, 3.63) is 118 Å². The lowest BCUT2D eigenvalue weighted by Gasteiger charge is -2.23. The number of carbonyl (C=O) groups excluding carboxylic acids is 2. The molecule has 3 nitrogen and oxygen atoms in total. The van der Waals surface area contributed by atoms with Crippen LogP contribution in [-0.2, 0) is 0 Å². The Morgan fingerprint density at radius 1 is 0.710 bits per heavy atom. The summed E-state index contributed by atoms with van der Waals surface area (Å²) in [6, 6.07) is 29.7. The summed E-state index contributed by atoms with van der Waals surface area (Å²) in [4.78, 5) is 28.7. The summed E-state index contributed by atoms with van der Waals surface area (Å²) < 4.78 is 0. The van der Waals surface area contributed by atoms with Crippen LogP contribution >= 0.6 is 11.3 Å². The monoisotopic (exact) mass is 421 g/mol. The van der Waals surface area contributed by atoms with E-state index in [1.54, 1.807) is 29.5 Å². The molecular weight excluding hydrogens is 402 g/mol. The lowest BCUT2D eigenvalue weighted by Crippen LogP contribution is -2.07. The third-order valence-corrected chi connectivity index (χ3v) is 6.32. The summed E-state index contributed by atoms with van der Waals surface area (Å²) in [5.74, 6) is -0.389. The molecule has 0 fully saturated rings. The summed E-state index contributed by atoms with van der Waals surface area (Å²) >= 11 is 1.55. The van der Waals surface area contributed by atoms with Gasteiger partial charge in [-0.15, -0.1) is 11.3 Å². The van der Waals surface area contributed by atoms with E-state index in [1.807, 2.05) is 61.5 Å². The fourth-order valence-corrected chi connectivity index (χ4v) is 4.80. The Kier molecular flexibility index (Phi) is 4.85. The van der Waals surface area contributed by atoms with E-state index < -0.39 is 0 Å². The molecule has 0 N–H and O–H groups in total. The average molecular weight is 422 g/mol. The third kappa shape index (κ3) is 3.51. The van der Waals surface area contributed by atoms with Crippen LogP contribution in [0.25, 0.3) is 6.08 Å². The first-order chi connectivity index (χ1) is 15.1. The largest absolute Gasteiger partial charge is 0.302 e. The van der Waals surface area contributed by atoms with E-state index in [0.29, 0.717) is 11.1 Å². The fraction of sp³-hybridized carbons (Fsp3) is 0.0370. The van der Waals surface area contributed by atoms with Gasteiger partial charge in [-0.25, -0.2) is 0 Å². The van der Waals surface area contributed by atoms with Gasteiger partial charge >= 0.3 is 0 Å². The van der Waals surface area contributed by atoms with Crippen molar-refractivity contribution < 1.29 is 9.59 Å². The summed E-state index contributed by atoms with van der Waals surface area (Å²) in [6.07, 6.45) is 1.72. The van der Waals surface area contributed by atoms with Gasteiger partial charge in [0, 0.05) is 27.4 Å². The normalized spacial score (nSPS) is 14.2. The Morgan fingerprint density at radius 3 is 1.97 bits per heavy atom. The zero-order valence-corrected chi connectivity index (χ0v) is 17.7. The first kappa shape index (κ1) is 19.2. The van der Waals surface area contributed by atoms with E-state index >= 15 is 0 Å². The van der Waals surface area contributed by atoms with E-state index in [9.17, 15) is 9.59 Å². The number of para-hydroxylation sites is 2. The van der Waals surface area contributed by atoms with Gasteiger partial charge in [0.05, 0.1) is 5.57 Å². The maximum Gasteiger partial charge on any atom is 0.197 e. The first-order valence-corrected chi connectivity index (χ1v) is 10.9. The molecule has 4 aromatic rings. The van der Waals surface area contributed by atoms with Gasteiger partial charge in [-0.1, -0.05) is 54.1 Å². The molecule has 0 bridgehead atoms. The predicted molar refractivity (Wildman–Crippen MR) is 127 cm³/mol. The summed E-state index contributed by atoms with van der Waals surface area (Å²) in [5.41, 5.74) is 4.30. The van der Waals surface area contributed by atoms with Gasteiger partial charge in [-0.3, -0.25) is 9.59 Å². The highest BCUT2D eigenvalue weighted by atomic mass is 32.1. The SMILES string of the molecule is Cc1ccc2c(c1)C(=O)/C(=C\c1ccc(N(c3ccccc3)c3ccccc3)s1)C2=O. The van der Waals surface area contributed by atoms with Gasteiger partial charge < -0.3 is 4.90 Å². The van der Waals surface area contributed by atoms with E-state index in [1.165, 1.54) is 0 Å². The van der Waals surface area contributed by atoms with E-state index in [4.69, 9.17) is 0 Å². The Balaban J connectivity index is 1.54. The van der Waals surface area contributed by atoms with Crippen molar-refractivity contribution in [1.82, 2.24) is 0 Å². The zero-order valence-electron chi connectivity index (χ0n) is 16.9. The molecule has 0 atom stereocenters. The molecule has 0 radical (unpaired) electrons. The van der Waals surface area contributed by atoms with Crippen molar-refractivity contribution in [1.29, 1.82) is 0 Å². The number of fused-ring (bicyclic) bond motifs is 1. The molecule has 0 spiro atoms.